The van der Waals surface area contributed by atoms with Gasteiger partial charge in [0.1, 0.15) is 5.71 Å². The third-order valence-electron chi connectivity index (χ3n) is 2.57. The highest BCUT2D eigenvalue weighted by Gasteiger charge is 2.17. The van der Waals surface area contributed by atoms with Crippen LogP contribution in [0.5, 0.6) is 0 Å². The van der Waals surface area contributed by atoms with E-state index in [-0.39, 0.29) is 11.8 Å². The maximum absolute atomic E-state index is 11.7. The molecule has 0 saturated carbocycles. The summed E-state index contributed by atoms with van der Waals surface area (Å²) in [6.07, 6.45) is 0.731. The van der Waals surface area contributed by atoms with Crippen molar-refractivity contribution in [3.63, 3.8) is 0 Å². The Morgan fingerprint density at radius 1 is 1.32 bits per heavy atom. The van der Waals surface area contributed by atoms with Crippen molar-refractivity contribution in [3.05, 3.63) is 30.3 Å². The molecule has 1 heterocycles. The van der Waals surface area contributed by atoms with Crippen LogP contribution in [0.3, 0.4) is 0 Å². The molecule has 6 heteroatoms. The Kier molecular flexibility index (Phi) is 4.97. The molecule has 19 heavy (non-hydrogen) atoms. The van der Waals surface area contributed by atoms with Crippen molar-refractivity contribution in [3.8, 4) is 0 Å². The molecule has 2 amide bonds. The van der Waals surface area contributed by atoms with Gasteiger partial charge in [0.05, 0.1) is 0 Å². The van der Waals surface area contributed by atoms with E-state index in [4.69, 9.17) is 0 Å². The van der Waals surface area contributed by atoms with Gasteiger partial charge in [-0.1, -0.05) is 18.2 Å². The second-order valence-corrected chi connectivity index (χ2v) is 5.18. The van der Waals surface area contributed by atoms with Crippen LogP contribution in [0.4, 0.5) is 0 Å². The quantitative estimate of drug-likeness (QED) is 0.627. The average molecular weight is 277 g/mol. The molecule has 0 bridgehead atoms. The second-order valence-electron chi connectivity index (χ2n) is 4.01. The number of hydrogen-bond acceptors (Lipinski definition) is 4. The van der Waals surface area contributed by atoms with Crippen molar-refractivity contribution in [1.29, 1.82) is 0 Å². The molecule has 5 nitrogen and oxygen atoms in total. The van der Waals surface area contributed by atoms with Gasteiger partial charge in [-0.2, -0.15) is 5.10 Å². The van der Waals surface area contributed by atoms with Gasteiger partial charge in [-0.3, -0.25) is 9.59 Å². The maximum atomic E-state index is 11.7. The molecule has 1 aliphatic rings. The zero-order valence-corrected chi connectivity index (χ0v) is 11.2. The SMILES string of the molecule is O=C1CCC(C(=O)NCCSc2ccccc2)=NN1. The van der Waals surface area contributed by atoms with Crippen LogP contribution in [0.1, 0.15) is 12.8 Å². The van der Waals surface area contributed by atoms with Gasteiger partial charge in [0, 0.05) is 30.0 Å². The number of nitrogens with one attached hydrogen (secondary N) is 2. The van der Waals surface area contributed by atoms with Crippen molar-refractivity contribution in [2.75, 3.05) is 12.3 Å². The number of rotatable bonds is 5. The standard InChI is InChI=1S/C13H15N3O2S/c17-12-7-6-11(15-16-12)13(18)14-8-9-19-10-4-2-1-3-5-10/h1-5H,6-9H2,(H,14,18)(H,16,17). The van der Waals surface area contributed by atoms with E-state index in [9.17, 15) is 9.59 Å². The molecule has 0 spiro atoms. The molecule has 0 atom stereocenters. The summed E-state index contributed by atoms with van der Waals surface area (Å²) in [5.74, 6) is 0.458. The predicted molar refractivity (Wildman–Crippen MR) is 75.0 cm³/mol. The smallest absolute Gasteiger partial charge is 0.267 e. The Labute approximate surface area is 115 Å². The molecule has 0 saturated heterocycles. The predicted octanol–water partition coefficient (Wildman–Crippen LogP) is 1.16. The van der Waals surface area contributed by atoms with Crippen molar-refractivity contribution in [2.24, 2.45) is 5.10 Å². The number of carbonyl (C=O) groups is 2. The van der Waals surface area contributed by atoms with E-state index in [1.54, 1.807) is 11.8 Å². The average Bonchev–Trinajstić information content (AvgIpc) is 2.45. The van der Waals surface area contributed by atoms with E-state index in [0.717, 1.165) is 5.75 Å². The summed E-state index contributed by atoms with van der Waals surface area (Å²) in [6.45, 7) is 0.575. The van der Waals surface area contributed by atoms with Gasteiger partial charge < -0.3 is 5.32 Å². The first kappa shape index (κ1) is 13.6. The summed E-state index contributed by atoms with van der Waals surface area (Å²) in [7, 11) is 0. The van der Waals surface area contributed by atoms with Gasteiger partial charge in [-0.15, -0.1) is 11.8 Å². The molecular weight excluding hydrogens is 262 g/mol. The zero-order valence-electron chi connectivity index (χ0n) is 10.4. The van der Waals surface area contributed by atoms with Crippen molar-refractivity contribution >= 4 is 29.3 Å². The molecule has 0 fully saturated rings. The summed E-state index contributed by atoms with van der Waals surface area (Å²) in [6, 6.07) is 10.0. The Bertz CT molecular complexity index is 488. The Hall–Kier alpha value is -1.82. The van der Waals surface area contributed by atoms with Gasteiger partial charge in [0.15, 0.2) is 0 Å². The fourth-order valence-corrected chi connectivity index (χ4v) is 2.38. The summed E-state index contributed by atoms with van der Waals surface area (Å²) in [5, 5.41) is 6.54. The molecule has 1 aromatic carbocycles. The zero-order chi connectivity index (χ0) is 13.5. The first-order valence-corrected chi connectivity index (χ1v) is 7.06. The molecular formula is C13H15N3O2S. The fourth-order valence-electron chi connectivity index (χ4n) is 1.59. The fraction of sp³-hybridized carbons (Fsp3) is 0.308. The third-order valence-corrected chi connectivity index (χ3v) is 3.58. The minimum atomic E-state index is -0.200. The lowest BCUT2D eigenvalue weighted by Gasteiger charge is -2.11. The van der Waals surface area contributed by atoms with Gasteiger partial charge >= 0.3 is 0 Å². The molecule has 0 radical (unpaired) electrons. The number of hydrogen-bond donors (Lipinski definition) is 2. The topological polar surface area (TPSA) is 70.6 Å². The maximum Gasteiger partial charge on any atom is 0.267 e. The van der Waals surface area contributed by atoms with Crippen molar-refractivity contribution in [2.45, 2.75) is 17.7 Å². The highest BCUT2D eigenvalue weighted by molar-refractivity contribution is 7.99. The van der Waals surface area contributed by atoms with Crippen LogP contribution in [0.2, 0.25) is 0 Å². The van der Waals surface area contributed by atoms with E-state index in [1.165, 1.54) is 4.90 Å². The molecule has 0 aromatic heterocycles. The lowest BCUT2D eigenvalue weighted by molar-refractivity contribution is -0.121. The van der Waals surface area contributed by atoms with Crippen molar-refractivity contribution in [1.82, 2.24) is 10.7 Å². The summed E-state index contributed by atoms with van der Waals surface area (Å²) in [4.78, 5) is 23.8. The highest BCUT2D eigenvalue weighted by Crippen LogP contribution is 2.15. The first-order valence-electron chi connectivity index (χ1n) is 6.07. The van der Waals surface area contributed by atoms with Crippen LogP contribution in [-0.2, 0) is 9.59 Å². The molecule has 100 valence electrons. The van der Waals surface area contributed by atoms with E-state index >= 15 is 0 Å². The number of nitrogens with zero attached hydrogens (tertiary/aromatic N) is 1. The van der Waals surface area contributed by atoms with Crippen LogP contribution in [0.25, 0.3) is 0 Å². The van der Waals surface area contributed by atoms with Crippen LogP contribution in [0.15, 0.2) is 40.3 Å². The molecule has 1 aromatic rings. The number of benzene rings is 1. The number of thioether (sulfide) groups is 1. The van der Waals surface area contributed by atoms with Crippen LogP contribution < -0.4 is 10.7 Å². The largest absolute Gasteiger partial charge is 0.350 e. The summed E-state index contributed by atoms with van der Waals surface area (Å²) in [5.41, 5.74) is 2.71. The summed E-state index contributed by atoms with van der Waals surface area (Å²) < 4.78 is 0. The lowest BCUT2D eigenvalue weighted by Crippen LogP contribution is -2.37. The van der Waals surface area contributed by atoms with Gasteiger partial charge in [-0.25, -0.2) is 5.43 Å². The minimum Gasteiger partial charge on any atom is -0.350 e. The Morgan fingerprint density at radius 3 is 2.79 bits per heavy atom. The van der Waals surface area contributed by atoms with Crippen molar-refractivity contribution < 1.29 is 9.59 Å². The minimum absolute atomic E-state index is 0.142. The lowest BCUT2D eigenvalue weighted by atomic mass is 10.2. The first-order chi connectivity index (χ1) is 9.25. The number of hydrazone groups is 1. The molecule has 0 aliphatic carbocycles. The van der Waals surface area contributed by atoms with Gasteiger partial charge in [-0.05, 0) is 12.1 Å². The van der Waals surface area contributed by atoms with E-state index < -0.39 is 0 Å². The number of carbonyl (C=O) groups excluding carboxylic acids is 2. The van der Waals surface area contributed by atoms with E-state index in [2.05, 4.69) is 15.8 Å². The monoisotopic (exact) mass is 277 g/mol. The third kappa shape index (κ3) is 4.40. The molecule has 0 unspecified atom stereocenters. The Morgan fingerprint density at radius 2 is 2.11 bits per heavy atom. The van der Waals surface area contributed by atoms with Crippen LogP contribution in [-0.4, -0.2) is 29.8 Å². The van der Waals surface area contributed by atoms with Crippen LogP contribution >= 0.6 is 11.8 Å². The van der Waals surface area contributed by atoms with E-state index in [0.29, 0.717) is 25.1 Å². The van der Waals surface area contributed by atoms with E-state index in [1.807, 2.05) is 30.3 Å². The normalized spacial score (nSPS) is 14.5. The molecule has 2 N–H and O–H groups in total. The second kappa shape index (κ2) is 6.94. The molecule has 2 rings (SSSR count). The molecule has 1 aliphatic heterocycles. The van der Waals surface area contributed by atoms with Gasteiger partial charge in [0.2, 0.25) is 5.91 Å². The highest BCUT2D eigenvalue weighted by atomic mass is 32.2. The number of amides is 2. The summed E-state index contributed by atoms with van der Waals surface area (Å²) >= 11 is 1.69. The van der Waals surface area contributed by atoms with Crippen LogP contribution in [0, 0.1) is 0 Å². The van der Waals surface area contributed by atoms with Gasteiger partial charge in [0.25, 0.3) is 5.91 Å². The Balaban J connectivity index is 1.68.